The highest BCUT2D eigenvalue weighted by Gasteiger charge is 2.22. The lowest BCUT2D eigenvalue weighted by molar-refractivity contribution is 0.0304. The number of nitrogens with zero attached hydrogens (tertiary/aromatic N) is 2. The molecule has 1 fully saturated rings. The number of benzene rings is 2. The van der Waals surface area contributed by atoms with E-state index < -0.39 is 5.91 Å². The number of hydrogen-bond acceptors (Lipinski definition) is 3. The van der Waals surface area contributed by atoms with Crippen molar-refractivity contribution in [2.75, 3.05) is 26.3 Å². The molecule has 0 saturated carbocycles. The zero-order valence-electron chi connectivity index (χ0n) is 17.0. The van der Waals surface area contributed by atoms with Crippen LogP contribution >= 0.6 is 0 Å². The molecule has 1 aromatic heterocycles. The number of amides is 2. The maximum Gasteiger partial charge on any atom is 0.256 e. The highest BCUT2D eigenvalue weighted by Crippen LogP contribution is 2.24. The lowest BCUT2D eigenvalue weighted by Crippen LogP contribution is -2.40. The average Bonchev–Trinajstić information content (AvgIpc) is 3.16. The molecule has 0 atom stereocenters. The topological polar surface area (TPSA) is 77.6 Å². The Morgan fingerprint density at radius 2 is 1.80 bits per heavy atom. The second-order valence-electron chi connectivity index (χ2n) is 7.68. The molecule has 156 valence electrons. The summed E-state index contributed by atoms with van der Waals surface area (Å²) in [6, 6.07) is 15.6. The maximum atomic E-state index is 13.0. The third-order valence-electron chi connectivity index (χ3n) is 5.64. The number of carbonyl (C=O) groups excluding carboxylic acids is 2. The van der Waals surface area contributed by atoms with E-state index in [4.69, 9.17) is 10.5 Å². The largest absolute Gasteiger partial charge is 0.378 e. The standard InChI is InChI=1S/C24H27N3O3/c25-23(28)19-8-5-7-18(16-19)6-3-4-11-27-17-21(20-9-1-2-10-22(20)27)24(29)26-12-14-30-15-13-26/h1-2,5,7-10,16-17H,3-4,6,11-15H2,(H2,25,28). The van der Waals surface area contributed by atoms with Crippen LogP contribution in [0.5, 0.6) is 0 Å². The minimum atomic E-state index is -0.395. The minimum absolute atomic E-state index is 0.0801. The van der Waals surface area contributed by atoms with E-state index in [1.54, 1.807) is 6.07 Å². The van der Waals surface area contributed by atoms with E-state index in [2.05, 4.69) is 10.6 Å². The fourth-order valence-electron chi connectivity index (χ4n) is 4.03. The monoisotopic (exact) mass is 405 g/mol. The number of nitrogens with two attached hydrogens (primary N) is 1. The van der Waals surface area contributed by atoms with Crippen LogP contribution in [0.3, 0.4) is 0 Å². The number of carbonyl (C=O) groups is 2. The summed E-state index contributed by atoms with van der Waals surface area (Å²) in [5.41, 5.74) is 8.89. The predicted octanol–water partition coefficient (Wildman–Crippen LogP) is 3.24. The van der Waals surface area contributed by atoms with Crippen molar-refractivity contribution < 1.29 is 14.3 Å². The number of aromatic nitrogens is 1. The highest BCUT2D eigenvalue weighted by atomic mass is 16.5. The van der Waals surface area contributed by atoms with Crippen LogP contribution in [0, 0.1) is 0 Å². The van der Waals surface area contributed by atoms with Gasteiger partial charge in [-0.1, -0.05) is 30.3 Å². The molecule has 2 heterocycles. The van der Waals surface area contributed by atoms with Crippen molar-refractivity contribution in [3.8, 4) is 0 Å². The molecule has 30 heavy (non-hydrogen) atoms. The van der Waals surface area contributed by atoms with Crippen molar-refractivity contribution in [3.63, 3.8) is 0 Å². The van der Waals surface area contributed by atoms with E-state index in [0.717, 1.165) is 47.8 Å². The third kappa shape index (κ3) is 4.39. The Morgan fingerprint density at radius 1 is 1.00 bits per heavy atom. The SMILES string of the molecule is NC(=O)c1cccc(CCCCn2cc(C(=O)N3CCOCC3)c3ccccc32)c1. The maximum absolute atomic E-state index is 13.0. The van der Waals surface area contributed by atoms with Crippen molar-refractivity contribution in [3.05, 3.63) is 71.4 Å². The first-order valence-corrected chi connectivity index (χ1v) is 10.5. The van der Waals surface area contributed by atoms with Gasteiger partial charge in [0.15, 0.2) is 0 Å². The number of para-hydroxylation sites is 1. The second kappa shape index (κ2) is 9.13. The van der Waals surface area contributed by atoms with Gasteiger partial charge in [0.1, 0.15) is 0 Å². The molecular weight excluding hydrogens is 378 g/mol. The Labute approximate surface area is 176 Å². The van der Waals surface area contributed by atoms with Crippen LogP contribution in [0.25, 0.3) is 10.9 Å². The Kier molecular flexibility index (Phi) is 6.14. The van der Waals surface area contributed by atoms with Gasteiger partial charge in [-0.25, -0.2) is 0 Å². The first-order valence-electron chi connectivity index (χ1n) is 10.5. The van der Waals surface area contributed by atoms with Gasteiger partial charge in [0, 0.05) is 42.3 Å². The summed E-state index contributed by atoms with van der Waals surface area (Å²) in [6.45, 7) is 3.32. The number of unbranched alkanes of at least 4 members (excludes halogenated alkanes) is 1. The van der Waals surface area contributed by atoms with Crippen LogP contribution in [0.15, 0.2) is 54.7 Å². The fourth-order valence-corrected chi connectivity index (χ4v) is 4.03. The summed E-state index contributed by atoms with van der Waals surface area (Å²) < 4.78 is 7.56. The molecule has 1 aliphatic heterocycles. The molecule has 2 N–H and O–H groups in total. The van der Waals surface area contributed by atoms with E-state index in [-0.39, 0.29) is 5.91 Å². The molecule has 2 aromatic carbocycles. The molecule has 0 spiro atoms. The van der Waals surface area contributed by atoms with E-state index in [0.29, 0.717) is 31.9 Å². The van der Waals surface area contributed by atoms with E-state index in [9.17, 15) is 9.59 Å². The third-order valence-corrected chi connectivity index (χ3v) is 5.64. The van der Waals surface area contributed by atoms with E-state index in [1.165, 1.54) is 0 Å². The van der Waals surface area contributed by atoms with Gasteiger partial charge in [0.25, 0.3) is 5.91 Å². The van der Waals surface area contributed by atoms with Gasteiger partial charge < -0.3 is 19.9 Å². The van der Waals surface area contributed by atoms with Gasteiger partial charge in [0.2, 0.25) is 5.91 Å². The Bertz CT molecular complexity index is 1050. The van der Waals surface area contributed by atoms with Gasteiger partial charge in [-0.15, -0.1) is 0 Å². The van der Waals surface area contributed by atoms with E-state index >= 15 is 0 Å². The molecule has 4 rings (SSSR count). The Morgan fingerprint density at radius 3 is 2.60 bits per heavy atom. The molecule has 0 aliphatic carbocycles. The summed E-state index contributed by atoms with van der Waals surface area (Å²) in [4.78, 5) is 26.3. The summed E-state index contributed by atoms with van der Waals surface area (Å²) in [5.74, 6) is -0.315. The molecule has 3 aromatic rings. The summed E-state index contributed by atoms with van der Waals surface area (Å²) >= 11 is 0. The molecule has 6 heteroatoms. The van der Waals surface area contributed by atoms with Crippen LogP contribution in [-0.2, 0) is 17.7 Å². The van der Waals surface area contributed by atoms with Crippen molar-refractivity contribution in [2.24, 2.45) is 5.73 Å². The van der Waals surface area contributed by atoms with Gasteiger partial charge >= 0.3 is 0 Å². The van der Waals surface area contributed by atoms with Crippen LogP contribution in [0.1, 0.15) is 39.1 Å². The lowest BCUT2D eigenvalue weighted by atomic mass is 10.0. The van der Waals surface area contributed by atoms with Crippen molar-refractivity contribution in [1.82, 2.24) is 9.47 Å². The van der Waals surface area contributed by atoms with Crippen LogP contribution in [-0.4, -0.2) is 47.6 Å². The highest BCUT2D eigenvalue weighted by molar-refractivity contribution is 6.07. The normalized spacial score (nSPS) is 14.2. The first kappa shape index (κ1) is 20.2. The number of rotatable bonds is 7. The number of ether oxygens (including phenoxy) is 1. The van der Waals surface area contributed by atoms with Gasteiger partial charge in [-0.2, -0.15) is 0 Å². The van der Waals surface area contributed by atoms with Gasteiger partial charge in [-0.05, 0) is 43.0 Å². The molecule has 0 radical (unpaired) electrons. The van der Waals surface area contributed by atoms with Gasteiger partial charge in [-0.3, -0.25) is 9.59 Å². The zero-order valence-corrected chi connectivity index (χ0v) is 17.0. The minimum Gasteiger partial charge on any atom is -0.378 e. The molecule has 1 saturated heterocycles. The molecule has 0 bridgehead atoms. The van der Waals surface area contributed by atoms with Crippen LogP contribution < -0.4 is 5.73 Å². The van der Waals surface area contributed by atoms with Gasteiger partial charge in [0.05, 0.1) is 18.8 Å². The number of aryl methyl sites for hydroxylation is 2. The number of morpholine rings is 1. The summed E-state index contributed by atoms with van der Waals surface area (Å²) in [7, 11) is 0. The predicted molar refractivity (Wildman–Crippen MR) is 117 cm³/mol. The second-order valence-corrected chi connectivity index (χ2v) is 7.68. The fraction of sp³-hybridized carbons (Fsp3) is 0.333. The summed E-state index contributed by atoms with van der Waals surface area (Å²) in [5, 5.41) is 1.00. The van der Waals surface area contributed by atoms with Crippen molar-refractivity contribution in [2.45, 2.75) is 25.8 Å². The van der Waals surface area contributed by atoms with E-state index in [1.807, 2.05) is 47.5 Å². The molecular formula is C24H27N3O3. The number of hydrogen-bond donors (Lipinski definition) is 1. The Hall–Kier alpha value is -3.12. The Balaban J connectivity index is 1.43. The van der Waals surface area contributed by atoms with Crippen molar-refractivity contribution >= 4 is 22.7 Å². The smallest absolute Gasteiger partial charge is 0.256 e. The zero-order chi connectivity index (χ0) is 20.9. The first-order chi connectivity index (χ1) is 14.6. The lowest BCUT2D eigenvalue weighted by Gasteiger charge is -2.26. The van der Waals surface area contributed by atoms with Crippen LogP contribution in [0.4, 0.5) is 0 Å². The molecule has 2 amide bonds. The summed E-state index contributed by atoms with van der Waals surface area (Å²) in [6.07, 6.45) is 4.85. The average molecular weight is 405 g/mol. The molecule has 1 aliphatic rings. The molecule has 6 nitrogen and oxygen atoms in total. The quantitative estimate of drug-likeness (QED) is 0.613. The van der Waals surface area contributed by atoms with Crippen LogP contribution in [0.2, 0.25) is 0 Å². The number of fused-ring (bicyclic) bond motifs is 1. The molecule has 0 unspecified atom stereocenters. The van der Waals surface area contributed by atoms with Crippen molar-refractivity contribution in [1.29, 1.82) is 0 Å². The number of primary amides is 1.